The van der Waals surface area contributed by atoms with E-state index < -0.39 is 0 Å². The fourth-order valence-corrected chi connectivity index (χ4v) is 4.63. The van der Waals surface area contributed by atoms with E-state index in [9.17, 15) is 10.1 Å². The number of carbonyl (C=O) groups excluding carboxylic acids is 1. The van der Waals surface area contributed by atoms with Gasteiger partial charge >= 0.3 is 0 Å². The third-order valence-corrected chi connectivity index (χ3v) is 7.52. The zero-order valence-electron chi connectivity index (χ0n) is 27.1. The number of carbonyl (C=O) groups is 1. The van der Waals surface area contributed by atoms with Crippen LogP contribution in [-0.4, -0.2) is 63.2 Å². The molecule has 44 heavy (non-hydrogen) atoms. The Morgan fingerprint density at radius 3 is 2.09 bits per heavy atom. The van der Waals surface area contributed by atoms with Gasteiger partial charge < -0.3 is 15.5 Å². The van der Waals surface area contributed by atoms with E-state index >= 15 is 0 Å². The average molecular weight is 617 g/mol. The minimum absolute atomic E-state index is 0.0190. The number of nitrogens with one attached hydrogen (secondary N) is 2. The number of anilines is 1. The molecule has 8 heteroatoms. The van der Waals surface area contributed by atoms with Gasteiger partial charge in [0.25, 0.3) is 5.91 Å². The SMILES string of the molecule is C=CCN(CC(=O)N(C)N1Cc2ccccc2C1)c1cc(C#N)ccc1Cc1ccc(Cl)cc1.CCCC.CNCCNC. The maximum absolute atomic E-state index is 13.3. The first kappa shape index (κ1) is 36.5. The Morgan fingerprint density at radius 2 is 1.59 bits per heavy atom. The fourth-order valence-electron chi connectivity index (χ4n) is 4.50. The van der Waals surface area contributed by atoms with Crippen molar-refractivity contribution in [3.8, 4) is 6.07 Å². The summed E-state index contributed by atoms with van der Waals surface area (Å²) in [5.74, 6) is -0.0190. The number of nitrogens with zero attached hydrogens (tertiary/aromatic N) is 4. The van der Waals surface area contributed by atoms with E-state index in [1.807, 2.05) is 80.6 Å². The molecular weight excluding hydrogens is 568 g/mol. The summed E-state index contributed by atoms with van der Waals surface area (Å²) in [6.45, 7) is 12.5. The molecule has 236 valence electrons. The zero-order valence-corrected chi connectivity index (χ0v) is 27.8. The topological polar surface area (TPSA) is 74.6 Å². The number of rotatable bonds is 12. The highest BCUT2D eigenvalue weighted by Crippen LogP contribution is 2.27. The lowest BCUT2D eigenvalue weighted by Crippen LogP contribution is -2.46. The van der Waals surface area contributed by atoms with Gasteiger partial charge in [0.2, 0.25) is 0 Å². The number of hydrazine groups is 1. The van der Waals surface area contributed by atoms with E-state index in [0.717, 1.165) is 29.9 Å². The Labute approximate surface area is 270 Å². The number of benzene rings is 3. The second-order valence-electron chi connectivity index (χ2n) is 10.6. The number of fused-ring (bicyclic) bond motifs is 1. The van der Waals surface area contributed by atoms with Crippen LogP contribution in [0.4, 0.5) is 5.69 Å². The summed E-state index contributed by atoms with van der Waals surface area (Å²) >= 11 is 6.05. The number of unbranched alkanes of at least 4 members (excludes halogenated alkanes) is 1. The molecule has 1 amide bonds. The predicted molar refractivity (Wildman–Crippen MR) is 185 cm³/mol. The van der Waals surface area contributed by atoms with E-state index in [1.165, 1.54) is 24.0 Å². The molecule has 0 atom stereocenters. The van der Waals surface area contributed by atoms with E-state index in [1.54, 1.807) is 11.1 Å². The van der Waals surface area contributed by atoms with Gasteiger partial charge in [0, 0.05) is 50.5 Å². The van der Waals surface area contributed by atoms with Crippen LogP contribution in [-0.2, 0) is 24.3 Å². The van der Waals surface area contributed by atoms with Crippen LogP contribution >= 0.6 is 11.6 Å². The normalized spacial score (nSPS) is 11.7. The maximum Gasteiger partial charge on any atom is 0.256 e. The van der Waals surface area contributed by atoms with E-state index in [4.69, 9.17) is 11.6 Å². The van der Waals surface area contributed by atoms with Gasteiger partial charge in [0.15, 0.2) is 0 Å². The van der Waals surface area contributed by atoms with E-state index in [-0.39, 0.29) is 12.5 Å². The van der Waals surface area contributed by atoms with Gasteiger partial charge in [-0.3, -0.25) is 9.80 Å². The summed E-state index contributed by atoms with van der Waals surface area (Å²) in [5, 5.41) is 20.0. The minimum atomic E-state index is -0.0190. The summed E-state index contributed by atoms with van der Waals surface area (Å²) in [4.78, 5) is 15.3. The van der Waals surface area contributed by atoms with Crippen molar-refractivity contribution in [2.24, 2.45) is 0 Å². The molecule has 1 aliphatic rings. The summed E-state index contributed by atoms with van der Waals surface area (Å²) in [6.07, 6.45) is 5.08. The molecule has 2 N–H and O–H groups in total. The van der Waals surface area contributed by atoms with Gasteiger partial charge in [-0.05, 0) is 67.0 Å². The van der Waals surface area contributed by atoms with Crippen LogP contribution < -0.4 is 15.5 Å². The van der Waals surface area contributed by atoms with Crippen molar-refractivity contribution in [2.75, 3.05) is 52.2 Å². The van der Waals surface area contributed by atoms with Gasteiger partial charge in [-0.25, -0.2) is 5.01 Å². The largest absolute Gasteiger partial charge is 0.358 e. The molecule has 0 fully saturated rings. The molecule has 3 aromatic carbocycles. The van der Waals surface area contributed by atoms with Gasteiger partial charge in [-0.2, -0.15) is 5.26 Å². The summed E-state index contributed by atoms with van der Waals surface area (Å²) < 4.78 is 0. The maximum atomic E-state index is 13.3. The highest BCUT2D eigenvalue weighted by molar-refractivity contribution is 6.30. The van der Waals surface area contributed by atoms with Crippen molar-refractivity contribution >= 4 is 23.2 Å². The van der Waals surface area contributed by atoms with Crippen LogP contribution in [0.25, 0.3) is 0 Å². The molecule has 0 unspecified atom stereocenters. The predicted octanol–water partition coefficient (Wildman–Crippen LogP) is 6.42. The molecule has 1 heterocycles. The molecule has 1 aliphatic heterocycles. The average Bonchev–Trinajstić information content (AvgIpc) is 3.49. The van der Waals surface area contributed by atoms with Crippen molar-refractivity contribution in [1.29, 1.82) is 5.26 Å². The van der Waals surface area contributed by atoms with Crippen LogP contribution in [0, 0.1) is 11.3 Å². The quantitative estimate of drug-likeness (QED) is 0.181. The highest BCUT2D eigenvalue weighted by Gasteiger charge is 2.26. The molecule has 7 nitrogen and oxygen atoms in total. The number of nitriles is 1. The van der Waals surface area contributed by atoms with Crippen LogP contribution in [0.5, 0.6) is 0 Å². The molecule has 0 radical (unpaired) electrons. The zero-order chi connectivity index (χ0) is 32.3. The van der Waals surface area contributed by atoms with Crippen LogP contribution in [0.1, 0.15) is 54.5 Å². The van der Waals surface area contributed by atoms with Gasteiger partial charge in [-0.1, -0.05) is 86.8 Å². The van der Waals surface area contributed by atoms with Gasteiger partial charge in [-0.15, -0.1) is 6.58 Å². The Morgan fingerprint density at radius 1 is 1.00 bits per heavy atom. The molecule has 0 saturated carbocycles. The first-order valence-electron chi connectivity index (χ1n) is 15.3. The molecule has 0 bridgehead atoms. The third-order valence-electron chi connectivity index (χ3n) is 7.27. The number of likely N-dealkylation sites (N-methyl/N-ethyl adjacent to an activating group) is 3. The van der Waals surface area contributed by atoms with E-state index in [0.29, 0.717) is 36.6 Å². The third kappa shape index (κ3) is 11.8. The lowest BCUT2D eigenvalue weighted by Gasteiger charge is -2.32. The lowest BCUT2D eigenvalue weighted by molar-refractivity contribution is -0.145. The van der Waals surface area contributed by atoms with Crippen molar-refractivity contribution < 1.29 is 4.79 Å². The number of halogens is 1. The van der Waals surface area contributed by atoms with Crippen molar-refractivity contribution in [3.63, 3.8) is 0 Å². The summed E-state index contributed by atoms with van der Waals surface area (Å²) in [5.41, 5.74) is 6.05. The molecule has 3 aromatic rings. The Bertz CT molecular complexity index is 1310. The first-order valence-corrected chi connectivity index (χ1v) is 15.7. The first-order chi connectivity index (χ1) is 21.3. The van der Waals surface area contributed by atoms with Gasteiger partial charge in [0.1, 0.15) is 0 Å². The molecule has 0 aliphatic carbocycles. The summed E-state index contributed by atoms with van der Waals surface area (Å²) in [7, 11) is 5.70. The second kappa shape index (κ2) is 20.3. The number of hydrogen-bond acceptors (Lipinski definition) is 6. The summed E-state index contributed by atoms with van der Waals surface area (Å²) in [6, 6.07) is 23.8. The molecular formula is C36H49ClN6O. The van der Waals surface area contributed by atoms with Gasteiger partial charge in [0.05, 0.1) is 18.2 Å². The van der Waals surface area contributed by atoms with Crippen molar-refractivity contribution in [1.82, 2.24) is 20.7 Å². The Hall–Kier alpha value is -3.67. The van der Waals surface area contributed by atoms with Crippen LogP contribution in [0.2, 0.25) is 5.02 Å². The lowest BCUT2D eigenvalue weighted by atomic mass is 10.0. The monoisotopic (exact) mass is 616 g/mol. The highest BCUT2D eigenvalue weighted by atomic mass is 35.5. The van der Waals surface area contributed by atoms with Crippen LogP contribution in [0.3, 0.4) is 0 Å². The Kier molecular flexibility index (Phi) is 16.9. The molecule has 4 rings (SSSR count). The van der Waals surface area contributed by atoms with Crippen molar-refractivity contribution in [3.05, 3.63) is 112 Å². The van der Waals surface area contributed by atoms with Crippen LogP contribution in [0.15, 0.2) is 79.4 Å². The molecule has 0 spiro atoms. The van der Waals surface area contributed by atoms with Crippen molar-refractivity contribution in [2.45, 2.75) is 46.2 Å². The standard InChI is InChI=1S/C28H27ClN4O.C4H12N2.C4H10/c1-3-14-32(20-28(34)31(2)33-18-24-6-4-5-7-25(24)19-33)27-16-22(17-30)8-11-23(27)15-21-9-12-26(29)13-10-21;1-5-3-4-6-2;1-3-4-2/h3-13,16H,1,14-15,18-20H2,2H3;5-6H,3-4H2,1-2H3;3-4H2,1-2H3. The van der Waals surface area contributed by atoms with E-state index in [2.05, 4.69) is 54.3 Å². The smallest absolute Gasteiger partial charge is 0.256 e. The Balaban J connectivity index is 0.000000586. The molecule has 0 aromatic heterocycles. The molecule has 0 saturated heterocycles. The number of hydrogen-bond donors (Lipinski definition) is 2. The fraction of sp³-hybridized carbons (Fsp3) is 0.389. The number of amides is 1. The minimum Gasteiger partial charge on any atom is -0.358 e. The second-order valence-corrected chi connectivity index (χ2v) is 11.1.